The molecule has 0 rings (SSSR count). The van der Waals surface area contributed by atoms with E-state index >= 15 is 0 Å². The van der Waals surface area contributed by atoms with Crippen molar-refractivity contribution in [3.63, 3.8) is 0 Å². The fraction of sp³-hybridized carbons (Fsp3) is 0.857. The summed E-state index contributed by atoms with van der Waals surface area (Å²) in [6.07, 6.45) is 6.62. The first-order valence-electron chi connectivity index (χ1n) is 5.95. The molecule has 0 aliphatic heterocycles. The van der Waals surface area contributed by atoms with Gasteiger partial charge in [-0.1, -0.05) is 46.1 Å². The summed E-state index contributed by atoms with van der Waals surface area (Å²) in [5.74, 6) is 0.883. The van der Waals surface area contributed by atoms with Gasteiger partial charge in [0.1, 0.15) is 0 Å². The van der Waals surface area contributed by atoms with Gasteiger partial charge in [-0.15, -0.1) is 6.58 Å². The first kappa shape index (κ1) is 13.7. The van der Waals surface area contributed by atoms with Gasteiger partial charge < -0.3 is 0 Å². The smallest absolute Gasteiger partial charge is 0.0326 e. The van der Waals surface area contributed by atoms with Gasteiger partial charge in [-0.2, -0.15) is 0 Å². The second-order valence-corrected chi connectivity index (χ2v) is 6.05. The monoisotopic (exact) mass is 196 g/mol. The molecule has 0 saturated heterocycles. The second-order valence-electron chi connectivity index (χ2n) is 6.05. The predicted molar refractivity (Wildman–Crippen MR) is 66.5 cm³/mol. The Morgan fingerprint density at radius 1 is 1.21 bits per heavy atom. The zero-order valence-corrected chi connectivity index (χ0v) is 10.8. The van der Waals surface area contributed by atoms with E-state index in [1.54, 1.807) is 0 Å². The number of hydrogen-bond acceptors (Lipinski definition) is 0. The molecule has 0 N–H and O–H groups in total. The van der Waals surface area contributed by atoms with Crippen LogP contribution in [0.3, 0.4) is 0 Å². The highest BCUT2D eigenvalue weighted by molar-refractivity contribution is 4.87. The quantitative estimate of drug-likeness (QED) is 0.512. The number of allylic oxidation sites excluding steroid dienone is 1. The Bertz CT molecular complexity index is 159. The Balaban J connectivity index is 3.46. The van der Waals surface area contributed by atoms with Gasteiger partial charge in [0.2, 0.25) is 0 Å². The van der Waals surface area contributed by atoms with Crippen molar-refractivity contribution in [2.45, 2.75) is 66.7 Å². The van der Waals surface area contributed by atoms with E-state index in [2.05, 4.69) is 41.2 Å². The molecule has 0 radical (unpaired) electrons. The van der Waals surface area contributed by atoms with E-state index in [9.17, 15) is 0 Å². The van der Waals surface area contributed by atoms with Crippen molar-refractivity contribution < 1.29 is 0 Å². The maximum Gasteiger partial charge on any atom is -0.0326 e. The summed E-state index contributed by atoms with van der Waals surface area (Å²) in [7, 11) is 0. The van der Waals surface area contributed by atoms with Crippen LogP contribution in [0.25, 0.3) is 0 Å². The van der Waals surface area contributed by atoms with Crippen LogP contribution in [0, 0.1) is 11.3 Å². The van der Waals surface area contributed by atoms with Gasteiger partial charge in [0.05, 0.1) is 0 Å². The fourth-order valence-corrected chi connectivity index (χ4v) is 1.58. The Hall–Kier alpha value is -0.260. The van der Waals surface area contributed by atoms with E-state index in [0.29, 0.717) is 5.41 Å². The SMILES string of the molecule is C=C(C)CCCC(C)CCC(C)(C)C. The Kier molecular flexibility index (Phi) is 6.15. The predicted octanol–water partition coefficient (Wildman–Crippen LogP) is 5.20. The summed E-state index contributed by atoms with van der Waals surface area (Å²) in [4.78, 5) is 0. The van der Waals surface area contributed by atoms with Gasteiger partial charge in [0, 0.05) is 0 Å². The van der Waals surface area contributed by atoms with Gasteiger partial charge in [-0.3, -0.25) is 0 Å². The van der Waals surface area contributed by atoms with Crippen molar-refractivity contribution in [3.8, 4) is 0 Å². The lowest BCUT2D eigenvalue weighted by atomic mass is 9.86. The minimum atomic E-state index is 0.503. The Labute approximate surface area is 90.8 Å². The Morgan fingerprint density at radius 2 is 1.79 bits per heavy atom. The first-order valence-corrected chi connectivity index (χ1v) is 5.95. The van der Waals surface area contributed by atoms with E-state index < -0.39 is 0 Å². The molecular weight excluding hydrogens is 168 g/mol. The molecule has 84 valence electrons. The molecule has 0 bridgehead atoms. The minimum Gasteiger partial charge on any atom is -0.100 e. The first-order chi connectivity index (χ1) is 6.31. The van der Waals surface area contributed by atoms with Crippen LogP contribution in [-0.4, -0.2) is 0 Å². The molecule has 0 aliphatic carbocycles. The highest BCUT2D eigenvalue weighted by Crippen LogP contribution is 2.25. The van der Waals surface area contributed by atoms with Crippen molar-refractivity contribution >= 4 is 0 Å². The summed E-state index contributed by atoms with van der Waals surface area (Å²) in [5.41, 5.74) is 1.83. The van der Waals surface area contributed by atoms with Gasteiger partial charge in [0.15, 0.2) is 0 Å². The average Bonchev–Trinajstić information content (AvgIpc) is 1.99. The second kappa shape index (κ2) is 6.27. The topological polar surface area (TPSA) is 0 Å². The molecule has 0 heterocycles. The molecule has 0 spiro atoms. The van der Waals surface area contributed by atoms with Crippen LogP contribution in [0.5, 0.6) is 0 Å². The van der Waals surface area contributed by atoms with Crippen LogP contribution in [0.2, 0.25) is 0 Å². The largest absolute Gasteiger partial charge is 0.100 e. The fourth-order valence-electron chi connectivity index (χ4n) is 1.58. The van der Waals surface area contributed by atoms with E-state index in [1.807, 2.05) is 0 Å². The third-order valence-electron chi connectivity index (χ3n) is 2.69. The molecule has 0 heteroatoms. The molecular formula is C14H28. The number of hydrogen-bond donors (Lipinski definition) is 0. The average molecular weight is 196 g/mol. The van der Waals surface area contributed by atoms with Crippen LogP contribution >= 0.6 is 0 Å². The van der Waals surface area contributed by atoms with Gasteiger partial charge in [-0.25, -0.2) is 0 Å². The van der Waals surface area contributed by atoms with Crippen molar-refractivity contribution in [3.05, 3.63) is 12.2 Å². The summed E-state index contributed by atoms with van der Waals surface area (Å²) in [6.45, 7) is 15.4. The normalized spacial score (nSPS) is 14.1. The summed E-state index contributed by atoms with van der Waals surface area (Å²) in [6, 6.07) is 0. The Morgan fingerprint density at radius 3 is 2.21 bits per heavy atom. The molecule has 1 atom stereocenters. The molecule has 0 aliphatic rings. The minimum absolute atomic E-state index is 0.503. The van der Waals surface area contributed by atoms with E-state index in [4.69, 9.17) is 0 Å². The lowest BCUT2D eigenvalue weighted by Gasteiger charge is -2.20. The third kappa shape index (κ3) is 9.83. The van der Waals surface area contributed by atoms with Gasteiger partial charge in [0.25, 0.3) is 0 Å². The highest BCUT2D eigenvalue weighted by Gasteiger charge is 2.12. The van der Waals surface area contributed by atoms with Gasteiger partial charge >= 0.3 is 0 Å². The zero-order valence-electron chi connectivity index (χ0n) is 10.8. The maximum absolute atomic E-state index is 3.94. The lowest BCUT2D eigenvalue weighted by molar-refractivity contribution is 0.321. The van der Waals surface area contributed by atoms with Gasteiger partial charge in [-0.05, 0) is 37.5 Å². The van der Waals surface area contributed by atoms with Crippen LogP contribution < -0.4 is 0 Å². The standard InChI is InChI=1S/C14H28/c1-12(2)8-7-9-13(3)10-11-14(4,5)6/h13H,1,7-11H2,2-6H3. The van der Waals surface area contributed by atoms with Crippen LogP contribution in [0.1, 0.15) is 66.7 Å². The molecule has 0 aromatic heterocycles. The molecule has 1 unspecified atom stereocenters. The molecule has 0 nitrogen and oxygen atoms in total. The van der Waals surface area contributed by atoms with Crippen LogP contribution in [0.4, 0.5) is 0 Å². The van der Waals surface area contributed by atoms with Crippen molar-refractivity contribution in [2.75, 3.05) is 0 Å². The lowest BCUT2D eigenvalue weighted by Crippen LogP contribution is -2.07. The third-order valence-corrected chi connectivity index (χ3v) is 2.69. The zero-order chi connectivity index (χ0) is 11.2. The van der Waals surface area contributed by atoms with Crippen molar-refractivity contribution in [2.24, 2.45) is 11.3 Å². The van der Waals surface area contributed by atoms with Crippen LogP contribution in [-0.2, 0) is 0 Å². The summed E-state index contributed by atoms with van der Waals surface area (Å²) < 4.78 is 0. The van der Waals surface area contributed by atoms with E-state index in [-0.39, 0.29) is 0 Å². The molecule has 14 heavy (non-hydrogen) atoms. The van der Waals surface area contributed by atoms with Crippen molar-refractivity contribution in [1.29, 1.82) is 0 Å². The summed E-state index contributed by atoms with van der Waals surface area (Å²) in [5, 5.41) is 0. The number of rotatable bonds is 6. The van der Waals surface area contributed by atoms with Crippen molar-refractivity contribution in [1.82, 2.24) is 0 Å². The molecule has 0 saturated carbocycles. The molecule has 0 aromatic rings. The highest BCUT2D eigenvalue weighted by atomic mass is 14.2. The molecule has 0 amide bonds. The van der Waals surface area contributed by atoms with Crippen LogP contribution in [0.15, 0.2) is 12.2 Å². The van der Waals surface area contributed by atoms with E-state index in [1.165, 1.54) is 37.7 Å². The maximum atomic E-state index is 3.94. The molecule has 0 aromatic carbocycles. The van der Waals surface area contributed by atoms with E-state index in [0.717, 1.165) is 5.92 Å². The molecule has 0 fully saturated rings. The summed E-state index contributed by atoms with van der Waals surface area (Å²) >= 11 is 0.